The molecule has 1 aromatic heterocycles. The fourth-order valence-corrected chi connectivity index (χ4v) is 3.83. The highest BCUT2D eigenvalue weighted by Crippen LogP contribution is 2.32. The number of nitrogens with zero attached hydrogens (tertiary/aromatic N) is 3. The molecule has 1 aliphatic rings. The SMILES string of the molecule is CCCCC(=O)C(C)CCN1c2cc(OCc3ccc(F)c(F)c3)nn2CC1CC. The molecule has 164 valence electrons. The highest BCUT2D eigenvalue weighted by Gasteiger charge is 2.30. The second-order valence-electron chi connectivity index (χ2n) is 8.08. The summed E-state index contributed by atoms with van der Waals surface area (Å²) in [5, 5.41) is 4.52. The molecule has 2 unspecified atom stereocenters. The zero-order valence-corrected chi connectivity index (χ0v) is 18.0. The van der Waals surface area contributed by atoms with E-state index in [4.69, 9.17) is 4.74 Å². The third-order valence-corrected chi connectivity index (χ3v) is 5.83. The van der Waals surface area contributed by atoms with Gasteiger partial charge in [0.1, 0.15) is 18.2 Å². The van der Waals surface area contributed by atoms with E-state index in [1.165, 1.54) is 6.07 Å². The lowest BCUT2D eigenvalue weighted by Gasteiger charge is -2.26. The number of unbranched alkanes of at least 4 members (excludes halogenated alkanes) is 1. The molecule has 3 rings (SSSR count). The minimum absolute atomic E-state index is 0.0510. The number of hydrogen-bond acceptors (Lipinski definition) is 4. The average molecular weight is 420 g/mol. The van der Waals surface area contributed by atoms with Crippen LogP contribution in [0.1, 0.15) is 58.4 Å². The summed E-state index contributed by atoms with van der Waals surface area (Å²) in [4.78, 5) is 14.6. The number of halogens is 2. The summed E-state index contributed by atoms with van der Waals surface area (Å²) in [5.74, 6) is 0.0753. The van der Waals surface area contributed by atoms with Gasteiger partial charge in [-0.2, -0.15) is 0 Å². The Morgan fingerprint density at radius 3 is 2.77 bits per heavy atom. The fraction of sp³-hybridized carbons (Fsp3) is 0.565. The van der Waals surface area contributed by atoms with Gasteiger partial charge in [-0.05, 0) is 37.0 Å². The average Bonchev–Trinajstić information content (AvgIpc) is 3.28. The predicted octanol–water partition coefficient (Wildman–Crippen LogP) is 5.12. The summed E-state index contributed by atoms with van der Waals surface area (Å²) >= 11 is 0. The van der Waals surface area contributed by atoms with E-state index in [0.29, 0.717) is 29.7 Å². The molecule has 0 radical (unpaired) electrons. The van der Waals surface area contributed by atoms with Crippen LogP contribution in [0.15, 0.2) is 24.3 Å². The molecule has 0 amide bonds. The van der Waals surface area contributed by atoms with Gasteiger partial charge in [-0.25, -0.2) is 13.5 Å². The standard InChI is InChI=1S/C23H31F2N3O2/c1-4-6-7-21(29)16(3)10-11-27-18(5-2)14-28-23(27)13-22(26-28)30-15-17-8-9-19(24)20(25)12-17/h8-9,12-13,16,18H,4-7,10-11,14-15H2,1-3H3. The van der Waals surface area contributed by atoms with Crippen molar-refractivity contribution in [3.63, 3.8) is 0 Å². The number of rotatable bonds is 11. The Labute approximate surface area is 177 Å². The van der Waals surface area contributed by atoms with Crippen molar-refractivity contribution in [3.05, 3.63) is 41.5 Å². The topological polar surface area (TPSA) is 47.4 Å². The van der Waals surface area contributed by atoms with Gasteiger partial charge in [0.15, 0.2) is 11.6 Å². The van der Waals surface area contributed by atoms with Crippen LogP contribution in [0.25, 0.3) is 0 Å². The van der Waals surface area contributed by atoms with Crippen molar-refractivity contribution in [3.8, 4) is 5.88 Å². The van der Waals surface area contributed by atoms with Crippen LogP contribution in [0, 0.1) is 17.6 Å². The van der Waals surface area contributed by atoms with Gasteiger partial charge >= 0.3 is 0 Å². The van der Waals surface area contributed by atoms with E-state index >= 15 is 0 Å². The van der Waals surface area contributed by atoms with E-state index in [0.717, 1.165) is 56.7 Å². The maximum Gasteiger partial charge on any atom is 0.235 e. The van der Waals surface area contributed by atoms with E-state index in [1.54, 1.807) is 0 Å². The van der Waals surface area contributed by atoms with Crippen molar-refractivity contribution < 1.29 is 18.3 Å². The summed E-state index contributed by atoms with van der Waals surface area (Å²) in [6, 6.07) is 5.97. The number of fused-ring (bicyclic) bond motifs is 1. The van der Waals surface area contributed by atoms with Crippen LogP contribution < -0.4 is 9.64 Å². The molecule has 0 saturated carbocycles. The van der Waals surface area contributed by atoms with E-state index in [9.17, 15) is 13.6 Å². The first-order chi connectivity index (χ1) is 14.4. The van der Waals surface area contributed by atoms with Gasteiger partial charge in [-0.3, -0.25) is 4.79 Å². The Kier molecular flexibility index (Phi) is 7.45. The van der Waals surface area contributed by atoms with Crippen LogP contribution in [-0.4, -0.2) is 28.2 Å². The number of aromatic nitrogens is 2. The van der Waals surface area contributed by atoms with Crippen molar-refractivity contribution in [2.75, 3.05) is 11.4 Å². The first kappa shape index (κ1) is 22.2. The third kappa shape index (κ3) is 5.18. The Morgan fingerprint density at radius 1 is 1.27 bits per heavy atom. The number of anilines is 1. The first-order valence-corrected chi connectivity index (χ1v) is 10.9. The number of ketones is 1. The maximum absolute atomic E-state index is 13.4. The van der Waals surface area contributed by atoms with Crippen molar-refractivity contribution >= 4 is 11.6 Å². The molecule has 2 aromatic rings. The van der Waals surface area contributed by atoms with Gasteiger partial charge in [0.25, 0.3) is 0 Å². The van der Waals surface area contributed by atoms with Gasteiger partial charge < -0.3 is 9.64 Å². The molecule has 1 aliphatic heterocycles. The van der Waals surface area contributed by atoms with Gasteiger partial charge in [-0.15, -0.1) is 5.10 Å². The molecule has 0 N–H and O–H groups in total. The second-order valence-corrected chi connectivity index (χ2v) is 8.08. The smallest absolute Gasteiger partial charge is 0.235 e. The van der Waals surface area contributed by atoms with Crippen LogP contribution in [-0.2, 0) is 17.9 Å². The largest absolute Gasteiger partial charge is 0.472 e. The lowest BCUT2D eigenvalue weighted by Crippen LogP contribution is -2.33. The van der Waals surface area contributed by atoms with Crippen LogP contribution in [0.4, 0.5) is 14.6 Å². The normalized spacial score (nSPS) is 16.6. The highest BCUT2D eigenvalue weighted by atomic mass is 19.2. The van der Waals surface area contributed by atoms with Crippen molar-refractivity contribution in [2.24, 2.45) is 5.92 Å². The zero-order valence-electron chi connectivity index (χ0n) is 18.0. The maximum atomic E-state index is 13.4. The molecule has 7 heteroatoms. The minimum Gasteiger partial charge on any atom is -0.472 e. The molecule has 0 saturated heterocycles. The Balaban J connectivity index is 1.61. The number of carbonyl (C=O) groups excluding carboxylic acids is 1. The highest BCUT2D eigenvalue weighted by molar-refractivity contribution is 5.80. The van der Waals surface area contributed by atoms with E-state index in [2.05, 4.69) is 23.8 Å². The van der Waals surface area contributed by atoms with Gasteiger partial charge in [0, 0.05) is 31.0 Å². The molecule has 30 heavy (non-hydrogen) atoms. The summed E-state index contributed by atoms with van der Waals surface area (Å²) in [6.45, 7) is 7.96. The third-order valence-electron chi connectivity index (χ3n) is 5.83. The molecular weight excluding hydrogens is 388 g/mol. The van der Waals surface area contributed by atoms with Gasteiger partial charge in [0.2, 0.25) is 5.88 Å². The van der Waals surface area contributed by atoms with Crippen LogP contribution in [0.3, 0.4) is 0 Å². The van der Waals surface area contributed by atoms with Crippen molar-refractivity contribution in [1.29, 1.82) is 0 Å². The molecule has 1 aromatic carbocycles. The molecule has 2 atom stereocenters. The van der Waals surface area contributed by atoms with Crippen LogP contribution in [0.5, 0.6) is 5.88 Å². The zero-order chi connectivity index (χ0) is 21.7. The quantitative estimate of drug-likeness (QED) is 0.507. The lowest BCUT2D eigenvalue weighted by atomic mass is 9.98. The molecule has 0 bridgehead atoms. The minimum atomic E-state index is -0.886. The molecule has 0 aliphatic carbocycles. The van der Waals surface area contributed by atoms with E-state index in [-0.39, 0.29) is 12.5 Å². The monoisotopic (exact) mass is 419 g/mol. The molecule has 0 fully saturated rings. The molecule has 5 nitrogen and oxygen atoms in total. The van der Waals surface area contributed by atoms with Crippen molar-refractivity contribution in [1.82, 2.24) is 9.78 Å². The predicted molar refractivity (Wildman–Crippen MR) is 113 cm³/mol. The van der Waals surface area contributed by atoms with Gasteiger partial charge in [-0.1, -0.05) is 33.3 Å². The fourth-order valence-electron chi connectivity index (χ4n) is 3.83. The number of hydrogen-bond donors (Lipinski definition) is 0. The first-order valence-electron chi connectivity index (χ1n) is 10.9. The van der Waals surface area contributed by atoms with Crippen LogP contribution >= 0.6 is 0 Å². The summed E-state index contributed by atoms with van der Waals surface area (Å²) in [6.07, 6.45) is 4.46. The second kappa shape index (κ2) is 10.0. The van der Waals surface area contributed by atoms with E-state index < -0.39 is 11.6 Å². The van der Waals surface area contributed by atoms with Crippen molar-refractivity contribution in [2.45, 2.75) is 72.1 Å². The van der Waals surface area contributed by atoms with E-state index in [1.807, 2.05) is 17.7 Å². The number of benzene rings is 1. The summed E-state index contributed by atoms with van der Waals surface area (Å²) in [7, 11) is 0. The Hall–Kier alpha value is -2.44. The molecular formula is C23H31F2N3O2. The number of ether oxygens (including phenoxy) is 1. The summed E-state index contributed by atoms with van der Waals surface area (Å²) in [5.41, 5.74) is 0.546. The van der Waals surface area contributed by atoms with Crippen LogP contribution in [0.2, 0.25) is 0 Å². The lowest BCUT2D eigenvalue weighted by molar-refractivity contribution is -0.122. The summed E-state index contributed by atoms with van der Waals surface area (Å²) < 4.78 is 34.1. The molecule has 0 spiro atoms. The Morgan fingerprint density at radius 2 is 2.07 bits per heavy atom. The number of Topliss-reactive ketones (excluding diaryl/α,β-unsaturated/α-hetero) is 1. The number of carbonyl (C=O) groups is 1. The van der Waals surface area contributed by atoms with Gasteiger partial charge in [0.05, 0.1) is 6.54 Å². The Bertz CT molecular complexity index is 868. The molecule has 2 heterocycles.